The summed E-state index contributed by atoms with van der Waals surface area (Å²) < 4.78 is 133. The molecule has 1 aromatic heterocycles. The van der Waals surface area contributed by atoms with Gasteiger partial charge in [-0.3, -0.25) is 14.4 Å². The molecule has 0 aliphatic carbocycles. The van der Waals surface area contributed by atoms with Gasteiger partial charge in [-0.25, -0.2) is 4.98 Å². The van der Waals surface area contributed by atoms with Gasteiger partial charge < -0.3 is 15.2 Å². The zero-order chi connectivity index (χ0) is 37.6. The van der Waals surface area contributed by atoms with Gasteiger partial charge in [0, 0.05) is 16.0 Å². The minimum Gasteiger partial charge on any atom is -0.469 e. The highest BCUT2D eigenvalue weighted by molar-refractivity contribution is 9.10. The minimum absolute atomic E-state index is 0.0671. The number of carbonyl (C=O) groups excluding carboxylic acids is 3. The van der Waals surface area contributed by atoms with E-state index in [2.05, 4.69) is 42.6 Å². The Hall–Kier alpha value is -2.95. The minimum atomic E-state index is -9.67. The molecule has 0 aliphatic heterocycles. The predicted molar refractivity (Wildman–Crippen MR) is 173 cm³/mol. The summed E-state index contributed by atoms with van der Waals surface area (Å²) >= 11 is 8.67. The van der Waals surface area contributed by atoms with Gasteiger partial charge in [0.1, 0.15) is 26.2 Å². The Morgan fingerprint density at radius 3 is 1.60 bits per heavy atom. The van der Waals surface area contributed by atoms with Crippen LogP contribution in [-0.4, -0.2) is 46.7 Å². The Labute approximate surface area is 285 Å². The summed E-state index contributed by atoms with van der Waals surface area (Å²) in [7, 11) is -16.8. The number of esters is 2. The molecule has 0 spiro atoms. The lowest BCUT2D eigenvalue weighted by Crippen LogP contribution is -2.15. The van der Waals surface area contributed by atoms with Crippen molar-refractivity contribution in [1.29, 1.82) is 0 Å². The van der Waals surface area contributed by atoms with Crippen LogP contribution in [0.15, 0.2) is 58.3 Å². The van der Waals surface area contributed by atoms with E-state index in [-0.39, 0.29) is 51.7 Å². The van der Waals surface area contributed by atoms with E-state index in [1.807, 2.05) is 0 Å². The van der Waals surface area contributed by atoms with Gasteiger partial charge in [-0.05, 0) is 38.1 Å². The molecule has 1 atom stereocenters. The van der Waals surface area contributed by atoms with Crippen LogP contribution in [-0.2, 0) is 30.3 Å². The summed E-state index contributed by atoms with van der Waals surface area (Å²) in [6, 6.07) is 4.74. The van der Waals surface area contributed by atoms with Crippen LogP contribution in [0.4, 0.5) is 38.9 Å². The third kappa shape index (κ3) is 14.3. The maximum atomic E-state index is 12.7. The van der Waals surface area contributed by atoms with Gasteiger partial charge in [0.15, 0.2) is 5.78 Å². The summed E-state index contributed by atoms with van der Waals surface area (Å²) in [5, 5.41) is 0.343. The lowest BCUT2D eigenvalue weighted by Gasteiger charge is -2.40. The monoisotopic (exact) mass is 844 g/mol. The van der Waals surface area contributed by atoms with Gasteiger partial charge in [-0.1, -0.05) is 91.3 Å². The highest BCUT2D eigenvalue weighted by atomic mass is 79.9. The van der Waals surface area contributed by atoms with E-state index in [1.165, 1.54) is 14.2 Å². The van der Waals surface area contributed by atoms with Crippen LogP contribution in [0.2, 0.25) is 0 Å². The zero-order valence-corrected chi connectivity index (χ0v) is 29.8. The van der Waals surface area contributed by atoms with E-state index >= 15 is 0 Å². The average Bonchev–Trinajstić information content (AvgIpc) is 3.30. The van der Waals surface area contributed by atoms with Crippen molar-refractivity contribution in [3.63, 3.8) is 0 Å². The molecule has 0 aliphatic rings. The number of halogens is 11. The first-order valence-corrected chi connectivity index (χ1v) is 18.6. The second-order valence-electron chi connectivity index (χ2n) is 9.46. The number of hydrogen-bond donors (Lipinski definition) is 1. The molecule has 7 nitrogen and oxygen atoms in total. The molecule has 2 N–H and O–H groups in total. The summed E-state index contributed by atoms with van der Waals surface area (Å²) in [5.74, 6) is -1.15. The van der Waals surface area contributed by atoms with Crippen molar-refractivity contribution in [2.45, 2.75) is 41.3 Å². The molecule has 0 saturated carbocycles. The number of nitrogens with zero attached hydrogens (tertiary/aromatic N) is 1. The van der Waals surface area contributed by atoms with Crippen molar-refractivity contribution < 1.29 is 62.7 Å². The second-order valence-corrected chi connectivity index (χ2v) is 17.3. The number of rotatable bonds is 9. The Bertz CT molecular complexity index is 1670. The maximum Gasteiger partial charge on any atom is 0.313 e. The Kier molecular flexibility index (Phi) is 12.3. The first kappa shape index (κ1) is 43.1. The number of ketones is 1. The Morgan fingerprint density at radius 2 is 1.25 bits per heavy atom. The van der Waals surface area contributed by atoms with Crippen LogP contribution in [0.3, 0.4) is 0 Å². The van der Waals surface area contributed by atoms with Crippen LogP contribution < -0.4 is 5.73 Å². The largest absolute Gasteiger partial charge is 0.469 e. The number of hydrogen-bond acceptors (Lipinski definition) is 8. The quantitative estimate of drug-likeness (QED) is 0.0746. The van der Waals surface area contributed by atoms with Crippen LogP contribution >= 0.6 is 59.9 Å². The molecule has 0 bridgehead atoms. The predicted octanol–water partition coefficient (Wildman–Crippen LogP) is 10.4. The fourth-order valence-corrected chi connectivity index (χ4v) is 5.54. The second kappa shape index (κ2) is 13.8. The molecule has 1 heterocycles. The molecule has 272 valence electrons. The Balaban J connectivity index is 0.000000396. The topological polar surface area (TPSA) is 109 Å². The normalized spacial score (nSPS) is 14.9. The molecular formula is C26H27BrF10N2O5S4. The van der Waals surface area contributed by atoms with Crippen molar-refractivity contribution in [3.8, 4) is 10.6 Å². The Morgan fingerprint density at radius 1 is 0.833 bits per heavy atom. The van der Waals surface area contributed by atoms with Crippen molar-refractivity contribution in [2.75, 3.05) is 14.2 Å². The molecule has 3 rings (SSSR count). The van der Waals surface area contributed by atoms with E-state index < -0.39 is 42.2 Å². The van der Waals surface area contributed by atoms with Crippen LogP contribution in [0, 0.1) is 6.92 Å². The van der Waals surface area contributed by atoms with Crippen molar-refractivity contribution in [1.82, 2.24) is 4.98 Å². The number of ether oxygens (including phenoxy) is 2. The summed E-state index contributed by atoms with van der Waals surface area (Å²) in [6.07, 6.45) is -0.217. The number of methoxy groups -OCH3 is 2. The van der Waals surface area contributed by atoms with Gasteiger partial charge in [-0.2, -0.15) is 0 Å². The molecule has 22 heteroatoms. The van der Waals surface area contributed by atoms with Crippen LogP contribution in [0.5, 0.6) is 0 Å². The van der Waals surface area contributed by atoms with Gasteiger partial charge >= 0.3 is 32.4 Å². The van der Waals surface area contributed by atoms with E-state index in [1.54, 1.807) is 13.8 Å². The van der Waals surface area contributed by atoms with E-state index in [9.17, 15) is 53.2 Å². The number of alkyl halides is 1. The molecule has 0 radical (unpaired) electrons. The summed E-state index contributed by atoms with van der Waals surface area (Å²) in [4.78, 5) is 33.0. The van der Waals surface area contributed by atoms with Gasteiger partial charge in [0.25, 0.3) is 0 Å². The first-order chi connectivity index (χ1) is 21.3. The van der Waals surface area contributed by atoms with Crippen LogP contribution in [0.1, 0.15) is 29.5 Å². The van der Waals surface area contributed by atoms with E-state index in [4.69, 9.17) is 5.73 Å². The smallest absolute Gasteiger partial charge is 0.313 e. The van der Waals surface area contributed by atoms with E-state index in [0.29, 0.717) is 27.7 Å². The van der Waals surface area contributed by atoms with Crippen molar-refractivity contribution in [3.05, 3.63) is 64.7 Å². The number of aromatic nitrogens is 1. The SMILES string of the molecule is COC(=O)CC(=O)C(C)Br.COC(=O)Cc1nc(-c2ccc(S(F)(F)(F)(F)F)cc2)sc1C.NC(=S)c1ccc(S(F)(F)(F)(F)F)cc1. The fraction of sp³-hybridized carbons (Fsp3) is 0.269. The number of benzene rings is 2. The lowest BCUT2D eigenvalue weighted by molar-refractivity contribution is -0.143. The number of carbonyl (C=O) groups is 3. The third-order valence-corrected chi connectivity index (χ3v) is 9.69. The molecule has 0 fully saturated rings. The third-order valence-electron chi connectivity index (χ3n) is 5.55. The van der Waals surface area contributed by atoms with Crippen LogP contribution in [0.25, 0.3) is 10.6 Å². The van der Waals surface area contributed by atoms with Gasteiger partial charge in [0.2, 0.25) is 0 Å². The number of nitrogens with two attached hydrogens (primary N) is 1. The first-order valence-electron chi connectivity index (χ1n) is 12.5. The van der Waals surface area contributed by atoms with Gasteiger partial charge in [0.05, 0.1) is 31.2 Å². The standard InChI is InChI=1S/C13H12F5NO2S2.C7H6F5NS2.C6H9BrO3/c1-8-11(7-12(20)21-2)19-13(22-8)9-3-5-10(6-4-9)23(14,15,16,17)18;8-15(9,10,11,12)6-3-1-5(2-4-6)7(13)14;1-4(7)5(8)3-6(9)10-2/h3-6H,7H2,1-2H3;1-4H,(H2,13,14);4H,3H2,1-2H3. The molecular weight excluding hydrogens is 818 g/mol. The number of aryl methyl sites for hydroxylation is 1. The molecule has 1 unspecified atom stereocenters. The molecule has 0 amide bonds. The zero-order valence-electron chi connectivity index (χ0n) is 25.0. The molecule has 48 heavy (non-hydrogen) atoms. The van der Waals surface area contributed by atoms with Gasteiger partial charge in [-0.15, -0.1) is 11.3 Å². The number of thiocarbonyl (C=S) groups is 1. The summed E-state index contributed by atoms with van der Waals surface area (Å²) in [6.45, 7) is 3.37. The molecule has 3 aromatic rings. The number of thiazole rings is 1. The molecule has 0 saturated heterocycles. The van der Waals surface area contributed by atoms with Crippen molar-refractivity contribution >= 4 is 82.6 Å². The average molecular weight is 846 g/mol. The van der Waals surface area contributed by atoms with E-state index in [0.717, 1.165) is 35.6 Å². The summed E-state index contributed by atoms with van der Waals surface area (Å²) in [5.41, 5.74) is 5.92. The maximum absolute atomic E-state index is 12.7. The molecule has 2 aromatic carbocycles. The number of Topliss-reactive ketones (excluding diaryl/α,β-unsaturated/α-hetero) is 1. The highest BCUT2D eigenvalue weighted by Crippen LogP contribution is 3.02. The highest BCUT2D eigenvalue weighted by Gasteiger charge is 2.66. The van der Waals surface area contributed by atoms with Crippen molar-refractivity contribution in [2.24, 2.45) is 5.73 Å². The fourth-order valence-electron chi connectivity index (χ4n) is 3.01. The lowest BCUT2D eigenvalue weighted by atomic mass is 10.2.